The first kappa shape index (κ1) is 13.7. The lowest BCUT2D eigenvalue weighted by atomic mass is 10.3. The molecule has 0 spiro atoms. The molecule has 3 nitrogen and oxygen atoms in total. The number of hydrogen-bond acceptors (Lipinski definition) is 2. The Labute approximate surface area is 114 Å². The molecule has 0 radical (unpaired) electrons. The molecule has 1 atom stereocenters. The van der Waals surface area contributed by atoms with Crippen LogP contribution in [0.3, 0.4) is 0 Å². The van der Waals surface area contributed by atoms with Gasteiger partial charge in [-0.25, -0.2) is 0 Å². The zero-order chi connectivity index (χ0) is 13.5. The van der Waals surface area contributed by atoms with Gasteiger partial charge in [-0.05, 0) is 30.7 Å². The maximum atomic E-state index is 12.4. The van der Waals surface area contributed by atoms with Gasteiger partial charge < -0.3 is 4.52 Å². The molecule has 0 amide bonds. The van der Waals surface area contributed by atoms with Crippen LogP contribution in [0.25, 0.3) is 0 Å². The van der Waals surface area contributed by atoms with Gasteiger partial charge in [-0.3, -0.25) is 9.24 Å². The summed E-state index contributed by atoms with van der Waals surface area (Å²) in [6, 6.07) is 19.0. The van der Waals surface area contributed by atoms with Crippen LogP contribution in [0.5, 0.6) is 5.75 Å². The summed E-state index contributed by atoms with van der Waals surface area (Å²) in [5.41, 5.74) is 0.934. The van der Waals surface area contributed by atoms with E-state index in [0.717, 1.165) is 12.1 Å². The minimum atomic E-state index is -2.31. The van der Waals surface area contributed by atoms with Gasteiger partial charge in [0.2, 0.25) is 0 Å². The summed E-state index contributed by atoms with van der Waals surface area (Å²) < 4.78 is 19.8. The van der Waals surface area contributed by atoms with Crippen LogP contribution >= 0.6 is 8.18 Å². The SMILES string of the molecule is CCCN(c1ccccc1)[PH](=O)Oc1ccccc1. The fourth-order valence-electron chi connectivity index (χ4n) is 1.80. The van der Waals surface area contributed by atoms with Crippen molar-refractivity contribution in [3.63, 3.8) is 0 Å². The third-order valence-corrected chi connectivity index (χ3v) is 4.02. The molecule has 1 unspecified atom stereocenters. The van der Waals surface area contributed by atoms with E-state index in [0.29, 0.717) is 12.3 Å². The summed E-state index contributed by atoms with van der Waals surface area (Å²) in [5.74, 6) is 0.642. The standard InChI is InChI=1S/C15H18NO2P/c1-2-13-16(14-9-5-3-6-10-14)19(17)18-15-11-7-4-8-12-15/h3-12,19H,2,13H2,1H3. The first-order chi connectivity index (χ1) is 9.31. The lowest BCUT2D eigenvalue weighted by Gasteiger charge is -2.23. The number of nitrogens with zero attached hydrogens (tertiary/aromatic N) is 1. The van der Waals surface area contributed by atoms with Crippen molar-refractivity contribution < 1.29 is 9.09 Å². The highest BCUT2D eigenvalue weighted by Gasteiger charge is 2.13. The average Bonchev–Trinajstić information content (AvgIpc) is 2.46. The molecule has 0 bridgehead atoms. The Morgan fingerprint density at radius 2 is 1.58 bits per heavy atom. The molecule has 2 aromatic rings. The smallest absolute Gasteiger partial charge is 0.332 e. The van der Waals surface area contributed by atoms with E-state index >= 15 is 0 Å². The van der Waals surface area contributed by atoms with E-state index in [9.17, 15) is 4.57 Å². The Morgan fingerprint density at radius 3 is 2.16 bits per heavy atom. The lowest BCUT2D eigenvalue weighted by molar-refractivity contribution is 0.500. The van der Waals surface area contributed by atoms with Crippen molar-refractivity contribution in [2.75, 3.05) is 11.2 Å². The van der Waals surface area contributed by atoms with Gasteiger partial charge >= 0.3 is 8.18 Å². The van der Waals surface area contributed by atoms with Gasteiger partial charge in [-0.2, -0.15) is 0 Å². The Morgan fingerprint density at radius 1 is 1.00 bits per heavy atom. The summed E-state index contributed by atoms with van der Waals surface area (Å²) in [6.45, 7) is 2.78. The van der Waals surface area contributed by atoms with Crippen molar-refractivity contribution in [1.82, 2.24) is 0 Å². The molecule has 0 aliphatic rings. The molecule has 0 aliphatic heterocycles. The van der Waals surface area contributed by atoms with E-state index in [2.05, 4.69) is 6.92 Å². The van der Waals surface area contributed by atoms with Crippen molar-refractivity contribution in [2.24, 2.45) is 0 Å². The maximum Gasteiger partial charge on any atom is 0.332 e. The highest BCUT2D eigenvalue weighted by Crippen LogP contribution is 2.35. The van der Waals surface area contributed by atoms with Crippen LogP contribution < -0.4 is 9.19 Å². The van der Waals surface area contributed by atoms with E-state index < -0.39 is 8.18 Å². The molecule has 0 fully saturated rings. The topological polar surface area (TPSA) is 29.5 Å². The quantitative estimate of drug-likeness (QED) is 0.733. The van der Waals surface area contributed by atoms with Gasteiger partial charge in [0, 0.05) is 12.2 Å². The zero-order valence-electron chi connectivity index (χ0n) is 11.0. The van der Waals surface area contributed by atoms with Gasteiger partial charge in [0.05, 0.1) is 0 Å². The van der Waals surface area contributed by atoms with E-state index in [1.165, 1.54) is 0 Å². The van der Waals surface area contributed by atoms with Crippen molar-refractivity contribution >= 4 is 13.9 Å². The molecule has 0 saturated heterocycles. The summed E-state index contributed by atoms with van der Waals surface area (Å²) in [5, 5.41) is 0. The number of para-hydroxylation sites is 2. The van der Waals surface area contributed by atoms with Crippen LogP contribution in [0.15, 0.2) is 60.7 Å². The Kier molecular flexibility index (Phi) is 5.05. The van der Waals surface area contributed by atoms with Gasteiger partial charge in [-0.15, -0.1) is 0 Å². The third kappa shape index (κ3) is 3.87. The highest BCUT2D eigenvalue weighted by molar-refractivity contribution is 7.41. The van der Waals surface area contributed by atoms with Crippen LogP contribution in [0, 0.1) is 0 Å². The van der Waals surface area contributed by atoms with Crippen LogP contribution in [-0.2, 0) is 4.57 Å². The predicted molar refractivity (Wildman–Crippen MR) is 80.2 cm³/mol. The van der Waals surface area contributed by atoms with Gasteiger partial charge in [0.15, 0.2) is 0 Å². The van der Waals surface area contributed by atoms with E-state index in [1.54, 1.807) is 0 Å². The number of rotatable bonds is 6. The van der Waals surface area contributed by atoms with Gasteiger partial charge in [0.1, 0.15) is 5.75 Å². The first-order valence-electron chi connectivity index (χ1n) is 6.40. The normalized spacial score (nSPS) is 11.8. The Balaban J connectivity index is 2.13. The molecule has 2 aromatic carbocycles. The molecule has 0 aliphatic carbocycles. The molecule has 19 heavy (non-hydrogen) atoms. The Hall–Kier alpha value is -1.73. The molecule has 100 valence electrons. The minimum Gasteiger partial charge on any atom is -0.431 e. The van der Waals surface area contributed by atoms with Crippen LogP contribution in [0.4, 0.5) is 5.69 Å². The fraction of sp³-hybridized carbons (Fsp3) is 0.200. The lowest BCUT2D eigenvalue weighted by Crippen LogP contribution is -2.16. The summed E-state index contributed by atoms with van der Waals surface area (Å²) in [6.07, 6.45) is 0.920. The number of hydrogen-bond donors (Lipinski definition) is 0. The highest BCUT2D eigenvalue weighted by atomic mass is 31.1. The van der Waals surface area contributed by atoms with E-state index in [1.807, 2.05) is 65.3 Å². The second-order valence-corrected chi connectivity index (χ2v) is 5.44. The van der Waals surface area contributed by atoms with E-state index in [4.69, 9.17) is 4.52 Å². The molecule has 0 saturated carbocycles. The van der Waals surface area contributed by atoms with Crippen LogP contribution in [0.2, 0.25) is 0 Å². The van der Waals surface area contributed by atoms with Crippen molar-refractivity contribution in [3.8, 4) is 5.75 Å². The van der Waals surface area contributed by atoms with Crippen LogP contribution in [-0.4, -0.2) is 6.54 Å². The van der Waals surface area contributed by atoms with Crippen LogP contribution in [0.1, 0.15) is 13.3 Å². The second kappa shape index (κ2) is 7.01. The first-order valence-corrected chi connectivity index (χ1v) is 7.67. The molecule has 0 heterocycles. The number of anilines is 1. The largest absolute Gasteiger partial charge is 0.431 e. The van der Waals surface area contributed by atoms with Gasteiger partial charge in [-0.1, -0.05) is 43.3 Å². The summed E-state index contributed by atoms with van der Waals surface area (Å²) in [7, 11) is -2.31. The Bertz CT molecular complexity index is 516. The molecular formula is C15H18NO2P. The summed E-state index contributed by atoms with van der Waals surface area (Å²) in [4.78, 5) is 0. The number of benzene rings is 2. The van der Waals surface area contributed by atoms with Crippen molar-refractivity contribution in [1.29, 1.82) is 0 Å². The molecule has 2 rings (SSSR count). The molecule has 0 N–H and O–H groups in total. The second-order valence-electron chi connectivity index (χ2n) is 4.17. The van der Waals surface area contributed by atoms with E-state index in [-0.39, 0.29) is 0 Å². The minimum absolute atomic E-state index is 0.642. The van der Waals surface area contributed by atoms with Gasteiger partial charge in [0.25, 0.3) is 0 Å². The molecular weight excluding hydrogens is 257 g/mol. The zero-order valence-corrected chi connectivity index (χ0v) is 12.0. The summed E-state index contributed by atoms with van der Waals surface area (Å²) >= 11 is 0. The molecule has 4 heteroatoms. The van der Waals surface area contributed by atoms with Crippen molar-refractivity contribution in [2.45, 2.75) is 13.3 Å². The average molecular weight is 275 g/mol. The van der Waals surface area contributed by atoms with Crippen molar-refractivity contribution in [3.05, 3.63) is 60.7 Å². The molecule has 0 aromatic heterocycles. The monoisotopic (exact) mass is 275 g/mol. The predicted octanol–water partition coefficient (Wildman–Crippen LogP) is 4.37. The fourth-order valence-corrected chi connectivity index (χ4v) is 3.02. The third-order valence-electron chi connectivity index (χ3n) is 2.68. The maximum absolute atomic E-state index is 12.4.